The third-order valence-electron chi connectivity index (χ3n) is 3.09. The highest BCUT2D eigenvalue weighted by molar-refractivity contribution is 9.10. The Morgan fingerprint density at radius 3 is 2.62 bits per heavy atom. The Bertz CT molecular complexity index is 634. The van der Waals surface area contributed by atoms with E-state index in [4.69, 9.17) is 0 Å². The summed E-state index contributed by atoms with van der Waals surface area (Å²) in [5.74, 6) is -3.78. The molecule has 1 atom stereocenters. The Balaban J connectivity index is 2.33. The largest absolute Gasteiger partial charge is 0.310 e. The second-order valence-electron chi connectivity index (χ2n) is 4.59. The van der Waals surface area contributed by atoms with Gasteiger partial charge >= 0.3 is 0 Å². The predicted molar refractivity (Wildman–Crippen MR) is 78.4 cm³/mol. The minimum Gasteiger partial charge on any atom is -0.310 e. The van der Waals surface area contributed by atoms with E-state index in [1.165, 1.54) is 6.07 Å². The van der Waals surface area contributed by atoms with E-state index in [2.05, 4.69) is 26.2 Å². The first-order valence-corrected chi connectivity index (χ1v) is 7.28. The van der Waals surface area contributed by atoms with Gasteiger partial charge in [0.05, 0.1) is 0 Å². The fourth-order valence-electron chi connectivity index (χ4n) is 2.15. The molecule has 21 heavy (non-hydrogen) atoms. The lowest BCUT2D eigenvalue weighted by Gasteiger charge is -2.19. The topological polar surface area (TPSA) is 24.9 Å². The van der Waals surface area contributed by atoms with E-state index < -0.39 is 23.5 Å². The molecule has 2 nitrogen and oxygen atoms in total. The zero-order valence-corrected chi connectivity index (χ0v) is 12.9. The molecule has 0 aliphatic heterocycles. The second kappa shape index (κ2) is 7.04. The number of hydrogen-bond acceptors (Lipinski definition) is 2. The van der Waals surface area contributed by atoms with Crippen LogP contribution in [0, 0.1) is 17.5 Å². The molecule has 0 bridgehead atoms. The van der Waals surface area contributed by atoms with Gasteiger partial charge in [-0.15, -0.1) is 0 Å². The molecule has 0 amide bonds. The molecule has 0 saturated carbocycles. The van der Waals surface area contributed by atoms with Crippen LogP contribution in [0.2, 0.25) is 0 Å². The van der Waals surface area contributed by atoms with Gasteiger partial charge in [0.1, 0.15) is 0 Å². The Morgan fingerprint density at radius 2 is 1.95 bits per heavy atom. The molecule has 0 radical (unpaired) electrons. The number of nitrogens with zero attached hydrogens (tertiary/aromatic N) is 1. The number of rotatable bonds is 5. The molecule has 1 heterocycles. The van der Waals surface area contributed by atoms with E-state index in [1.54, 1.807) is 12.4 Å². The molecule has 1 aromatic heterocycles. The van der Waals surface area contributed by atoms with Crippen molar-refractivity contribution in [1.29, 1.82) is 0 Å². The smallest absolute Gasteiger partial charge is 0.194 e. The van der Waals surface area contributed by atoms with Crippen molar-refractivity contribution in [3.63, 3.8) is 0 Å². The summed E-state index contributed by atoms with van der Waals surface area (Å²) in [4.78, 5) is 4.04. The maximum absolute atomic E-state index is 13.9. The molecular formula is C15H14BrF3N2. The van der Waals surface area contributed by atoms with Gasteiger partial charge in [0.2, 0.25) is 0 Å². The Labute approximate surface area is 129 Å². The number of likely N-dealkylation sites (N-methyl/N-ethyl adjacent to an activating group) is 1. The first-order chi connectivity index (χ1) is 10.0. The monoisotopic (exact) mass is 358 g/mol. The lowest BCUT2D eigenvalue weighted by molar-refractivity contribution is 0.425. The van der Waals surface area contributed by atoms with E-state index in [0.29, 0.717) is 13.0 Å². The quantitative estimate of drug-likeness (QED) is 0.812. The van der Waals surface area contributed by atoms with E-state index in [9.17, 15) is 13.2 Å². The van der Waals surface area contributed by atoms with Gasteiger partial charge in [-0.1, -0.05) is 13.0 Å². The van der Waals surface area contributed by atoms with Crippen LogP contribution < -0.4 is 5.32 Å². The molecule has 0 aliphatic rings. The van der Waals surface area contributed by atoms with Crippen LogP contribution in [0.5, 0.6) is 0 Å². The number of halogens is 4. The molecule has 2 aromatic rings. The lowest BCUT2D eigenvalue weighted by Crippen LogP contribution is -2.24. The molecular weight excluding hydrogens is 345 g/mol. The third-order valence-corrected chi connectivity index (χ3v) is 3.53. The summed E-state index contributed by atoms with van der Waals surface area (Å²) in [6.07, 6.45) is 3.72. The van der Waals surface area contributed by atoms with Crippen molar-refractivity contribution in [2.24, 2.45) is 0 Å². The third kappa shape index (κ3) is 3.83. The number of pyridine rings is 1. The molecule has 0 saturated heterocycles. The van der Waals surface area contributed by atoms with Gasteiger partial charge in [0.15, 0.2) is 17.5 Å². The number of benzene rings is 1. The van der Waals surface area contributed by atoms with Crippen molar-refractivity contribution < 1.29 is 13.2 Å². The molecule has 0 aliphatic carbocycles. The summed E-state index contributed by atoms with van der Waals surface area (Å²) < 4.78 is 41.2. The van der Waals surface area contributed by atoms with Crippen LogP contribution in [0.1, 0.15) is 24.1 Å². The van der Waals surface area contributed by atoms with Gasteiger partial charge in [0, 0.05) is 28.5 Å². The van der Waals surface area contributed by atoms with Gasteiger partial charge in [-0.25, -0.2) is 13.2 Å². The van der Waals surface area contributed by atoms with Crippen LogP contribution >= 0.6 is 15.9 Å². The average Bonchev–Trinajstić information content (AvgIpc) is 2.45. The van der Waals surface area contributed by atoms with E-state index >= 15 is 0 Å². The minimum absolute atomic E-state index is 0.107. The van der Waals surface area contributed by atoms with Crippen LogP contribution in [0.25, 0.3) is 0 Å². The fourth-order valence-corrected chi connectivity index (χ4v) is 2.56. The minimum atomic E-state index is -1.44. The zero-order valence-electron chi connectivity index (χ0n) is 11.3. The predicted octanol–water partition coefficient (Wildman–Crippen LogP) is 4.15. The SMILES string of the molecule is CCNC(Cc1cncc(Br)c1)c1ccc(F)c(F)c1F. The molecule has 0 fully saturated rings. The lowest BCUT2D eigenvalue weighted by atomic mass is 9.99. The first kappa shape index (κ1) is 16.0. The van der Waals surface area contributed by atoms with Crippen molar-refractivity contribution in [3.8, 4) is 0 Å². The Hall–Kier alpha value is -1.40. The zero-order chi connectivity index (χ0) is 15.4. The summed E-state index contributed by atoms with van der Waals surface area (Å²) in [5, 5.41) is 3.08. The van der Waals surface area contributed by atoms with Gasteiger partial charge < -0.3 is 5.32 Å². The van der Waals surface area contributed by atoms with Gasteiger partial charge in [-0.3, -0.25) is 4.98 Å². The van der Waals surface area contributed by atoms with Gasteiger partial charge in [0.25, 0.3) is 0 Å². The average molecular weight is 359 g/mol. The van der Waals surface area contributed by atoms with Crippen molar-refractivity contribution in [3.05, 3.63) is 63.6 Å². The second-order valence-corrected chi connectivity index (χ2v) is 5.51. The summed E-state index contributed by atoms with van der Waals surface area (Å²) in [6, 6.07) is 3.61. The molecule has 0 spiro atoms. The molecule has 1 aromatic carbocycles. The maximum Gasteiger partial charge on any atom is 0.194 e. The van der Waals surface area contributed by atoms with Crippen LogP contribution in [0.15, 0.2) is 35.1 Å². The summed E-state index contributed by atoms with van der Waals surface area (Å²) in [7, 11) is 0. The first-order valence-electron chi connectivity index (χ1n) is 6.49. The van der Waals surface area contributed by atoms with Gasteiger partial charge in [-0.2, -0.15) is 0 Å². The van der Waals surface area contributed by atoms with E-state index in [0.717, 1.165) is 16.1 Å². The van der Waals surface area contributed by atoms with Crippen molar-refractivity contribution >= 4 is 15.9 Å². The van der Waals surface area contributed by atoms with Crippen LogP contribution in [-0.4, -0.2) is 11.5 Å². The van der Waals surface area contributed by atoms with Crippen LogP contribution in [0.4, 0.5) is 13.2 Å². The normalized spacial score (nSPS) is 12.4. The van der Waals surface area contributed by atoms with Crippen molar-refractivity contribution in [1.82, 2.24) is 10.3 Å². The van der Waals surface area contributed by atoms with Crippen molar-refractivity contribution in [2.75, 3.05) is 6.54 Å². The fraction of sp³-hybridized carbons (Fsp3) is 0.267. The number of hydrogen-bond donors (Lipinski definition) is 1. The Kier molecular flexibility index (Phi) is 5.36. The maximum atomic E-state index is 13.9. The summed E-state index contributed by atoms with van der Waals surface area (Å²) in [6.45, 7) is 2.44. The Morgan fingerprint density at radius 1 is 1.19 bits per heavy atom. The van der Waals surface area contributed by atoms with Gasteiger partial charge in [-0.05, 0) is 46.6 Å². The summed E-state index contributed by atoms with van der Waals surface area (Å²) >= 11 is 3.32. The van der Waals surface area contributed by atoms with E-state index in [1.807, 2.05) is 13.0 Å². The van der Waals surface area contributed by atoms with Crippen molar-refractivity contribution in [2.45, 2.75) is 19.4 Å². The number of nitrogens with one attached hydrogen (secondary N) is 1. The highest BCUT2D eigenvalue weighted by Crippen LogP contribution is 2.25. The molecule has 112 valence electrons. The number of aromatic nitrogens is 1. The molecule has 2 rings (SSSR count). The highest BCUT2D eigenvalue weighted by Gasteiger charge is 2.20. The molecule has 1 N–H and O–H groups in total. The van der Waals surface area contributed by atoms with E-state index in [-0.39, 0.29) is 5.56 Å². The van der Waals surface area contributed by atoms with Crippen LogP contribution in [-0.2, 0) is 6.42 Å². The molecule has 1 unspecified atom stereocenters. The summed E-state index contributed by atoms with van der Waals surface area (Å²) in [5.41, 5.74) is 0.968. The molecule has 6 heteroatoms. The standard InChI is InChI=1S/C15H14BrF3N2/c1-2-21-13(6-9-5-10(16)8-20-7-9)11-3-4-12(17)15(19)14(11)18/h3-5,7-8,13,21H,2,6H2,1H3. The highest BCUT2D eigenvalue weighted by atomic mass is 79.9. The van der Waals surface area contributed by atoms with Crippen LogP contribution in [0.3, 0.4) is 0 Å².